The molecule has 3 aromatic carbocycles. The van der Waals surface area contributed by atoms with Crippen molar-refractivity contribution in [2.24, 2.45) is 7.05 Å². The lowest BCUT2D eigenvalue weighted by Crippen LogP contribution is -2.32. The molecule has 0 fully saturated rings. The van der Waals surface area contributed by atoms with Crippen molar-refractivity contribution in [3.8, 4) is 34.2 Å². The molecule has 0 radical (unpaired) electrons. The number of halogens is 2. The van der Waals surface area contributed by atoms with Crippen molar-refractivity contribution in [2.75, 3.05) is 5.32 Å². The number of amides is 1. The maximum atomic E-state index is 16.2. The summed E-state index contributed by atoms with van der Waals surface area (Å²) < 4.78 is 50.4. The molecule has 0 atom stereocenters. The Balaban J connectivity index is 0.817. The number of benzene rings is 3. The molecule has 7 heterocycles. The third-order valence-electron chi connectivity index (χ3n) is 11.1. The fourth-order valence-electron chi connectivity index (χ4n) is 7.83. The van der Waals surface area contributed by atoms with Gasteiger partial charge in [0.1, 0.15) is 35.2 Å². The minimum atomic E-state index is -3.55. The Bertz CT molecular complexity index is 3600. The van der Waals surface area contributed by atoms with Crippen molar-refractivity contribution in [1.29, 1.82) is 0 Å². The second kappa shape index (κ2) is 16.9. The standard InChI is InChI=1S/C49H40F2N12O5/c1-29-44(46(65)63(34-8-6-5-7-9-34)61(29)28-48(2,3)66)45(64)56-42-16-12-36(25-54-42)68-41-18-19-52-40-22-35(11-13-37(40)41)67-27-30-20-31-21-33(10-14-38(31)53-23-30)49(50,51)47-58-57-43-17-15-39(59-62(43)47)32-24-55-60(4)26-32/h5-26,66H,27-28H2,1-4H3,(H,54,56,64). The lowest BCUT2D eigenvalue weighted by Gasteiger charge is -2.22. The number of hydrogen-bond donors (Lipinski definition) is 2. The molecule has 0 saturated heterocycles. The van der Waals surface area contributed by atoms with E-state index in [1.165, 1.54) is 29.1 Å². The highest BCUT2D eigenvalue weighted by Crippen LogP contribution is 2.37. The van der Waals surface area contributed by atoms with Gasteiger partial charge in [0.25, 0.3) is 11.5 Å². The molecule has 0 aliphatic heterocycles. The summed E-state index contributed by atoms with van der Waals surface area (Å²) in [5, 5.41) is 30.8. The second-order valence-electron chi connectivity index (χ2n) is 16.7. The lowest BCUT2D eigenvalue weighted by molar-refractivity contribution is 0.0307. The van der Waals surface area contributed by atoms with Gasteiger partial charge in [-0.2, -0.15) is 23.5 Å². The van der Waals surface area contributed by atoms with E-state index in [0.717, 1.165) is 4.52 Å². The van der Waals surface area contributed by atoms with Crippen molar-refractivity contribution in [3.63, 3.8) is 0 Å². The van der Waals surface area contributed by atoms with E-state index in [1.54, 1.807) is 141 Å². The van der Waals surface area contributed by atoms with Crippen molar-refractivity contribution >= 4 is 39.2 Å². The van der Waals surface area contributed by atoms with Crippen LogP contribution in [0.4, 0.5) is 14.6 Å². The Morgan fingerprint density at radius 2 is 1.68 bits per heavy atom. The van der Waals surface area contributed by atoms with Gasteiger partial charge in [-0.3, -0.25) is 28.9 Å². The number of carbonyl (C=O) groups excluding carboxylic acids is 1. The molecule has 7 aromatic heterocycles. The van der Waals surface area contributed by atoms with Crippen molar-refractivity contribution < 1.29 is 28.2 Å². The van der Waals surface area contributed by atoms with E-state index >= 15 is 8.78 Å². The topological polar surface area (TPSA) is 194 Å². The molecule has 340 valence electrons. The van der Waals surface area contributed by atoms with Crippen LogP contribution in [-0.2, 0) is 26.1 Å². The first-order valence-corrected chi connectivity index (χ1v) is 21.2. The summed E-state index contributed by atoms with van der Waals surface area (Å²) in [6.45, 7) is 5.07. The number of ether oxygens (including phenoxy) is 2. The van der Waals surface area contributed by atoms with Gasteiger partial charge in [-0.25, -0.2) is 9.67 Å². The fourth-order valence-corrected chi connectivity index (χ4v) is 7.83. The molecule has 0 unspecified atom stereocenters. The molecule has 19 heteroatoms. The van der Waals surface area contributed by atoms with Crippen LogP contribution in [-0.4, -0.2) is 70.5 Å². The van der Waals surface area contributed by atoms with Crippen LogP contribution in [0.5, 0.6) is 17.2 Å². The molecular formula is C49H40F2N12O5. The van der Waals surface area contributed by atoms with Gasteiger partial charge in [-0.15, -0.1) is 10.2 Å². The van der Waals surface area contributed by atoms with Gasteiger partial charge < -0.3 is 19.9 Å². The number of fused-ring (bicyclic) bond motifs is 3. The summed E-state index contributed by atoms with van der Waals surface area (Å²) in [4.78, 5) is 40.6. The van der Waals surface area contributed by atoms with E-state index in [9.17, 15) is 14.7 Å². The van der Waals surface area contributed by atoms with Crippen LogP contribution in [0.15, 0.2) is 139 Å². The number of aryl methyl sites for hydroxylation is 1. The summed E-state index contributed by atoms with van der Waals surface area (Å²) in [6.07, 6.45) is 8.01. The van der Waals surface area contributed by atoms with Crippen LogP contribution >= 0.6 is 0 Å². The van der Waals surface area contributed by atoms with E-state index in [4.69, 9.17) is 9.47 Å². The number of hydrogen-bond acceptors (Lipinski definition) is 12. The molecule has 10 aromatic rings. The Labute approximate surface area is 384 Å². The molecule has 10 rings (SSSR count). The van der Waals surface area contributed by atoms with Gasteiger partial charge in [-0.1, -0.05) is 24.3 Å². The Morgan fingerprint density at radius 3 is 2.44 bits per heavy atom. The molecule has 0 aliphatic rings. The Kier molecular flexibility index (Phi) is 10.8. The third-order valence-corrected chi connectivity index (χ3v) is 11.1. The molecule has 0 aliphatic carbocycles. The highest BCUT2D eigenvalue weighted by atomic mass is 19.3. The van der Waals surface area contributed by atoms with Crippen LogP contribution in [0, 0.1) is 6.92 Å². The minimum Gasteiger partial charge on any atom is -0.489 e. The number of aliphatic hydroxyl groups is 1. The summed E-state index contributed by atoms with van der Waals surface area (Å²) in [5.41, 5.74) is 1.88. The van der Waals surface area contributed by atoms with Gasteiger partial charge in [0.15, 0.2) is 5.65 Å². The van der Waals surface area contributed by atoms with Crippen molar-refractivity contribution in [1.82, 2.24) is 53.9 Å². The lowest BCUT2D eigenvalue weighted by atomic mass is 10.0. The predicted molar refractivity (Wildman–Crippen MR) is 247 cm³/mol. The molecule has 17 nitrogen and oxygen atoms in total. The molecule has 0 bridgehead atoms. The van der Waals surface area contributed by atoms with Gasteiger partial charge >= 0.3 is 5.92 Å². The summed E-state index contributed by atoms with van der Waals surface area (Å²) in [6, 6.07) is 28.4. The largest absolute Gasteiger partial charge is 0.489 e. The number of nitrogens with zero attached hydrogens (tertiary/aromatic N) is 11. The smallest absolute Gasteiger partial charge is 0.333 e. The zero-order chi connectivity index (χ0) is 47.3. The second-order valence-corrected chi connectivity index (χ2v) is 16.7. The maximum Gasteiger partial charge on any atom is 0.333 e. The summed E-state index contributed by atoms with van der Waals surface area (Å²) >= 11 is 0. The van der Waals surface area contributed by atoms with E-state index in [1.807, 2.05) is 6.07 Å². The molecule has 68 heavy (non-hydrogen) atoms. The fraction of sp³-hybridized carbons (Fsp3) is 0.163. The molecule has 0 saturated carbocycles. The highest BCUT2D eigenvalue weighted by molar-refractivity contribution is 6.04. The molecule has 2 N–H and O–H groups in total. The van der Waals surface area contributed by atoms with Crippen LogP contribution in [0.2, 0.25) is 0 Å². The number of anilines is 1. The maximum absolute atomic E-state index is 16.2. The zero-order valence-electron chi connectivity index (χ0n) is 36.9. The van der Waals surface area contributed by atoms with Crippen LogP contribution in [0.3, 0.4) is 0 Å². The van der Waals surface area contributed by atoms with Crippen LogP contribution in [0.1, 0.15) is 46.9 Å². The van der Waals surface area contributed by atoms with Crippen LogP contribution in [0.25, 0.3) is 44.4 Å². The number of carbonyl (C=O) groups is 1. The van der Waals surface area contributed by atoms with E-state index in [2.05, 4.69) is 40.7 Å². The SMILES string of the molecule is Cc1c(C(=O)Nc2ccc(Oc3ccnc4cc(OCc5cnc6ccc(C(F)(F)c7nnc8ccc(-c9cnn(C)c9)nn78)cc6c5)ccc34)cn2)c(=O)n(-c2ccccc2)n1CC(C)(C)O. The minimum absolute atomic E-state index is 0.0662. The quantitative estimate of drug-likeness (QED) is 0.114. The first-order valence-electron chi connectivity index (χ1n) is 21.2. The number of nitrogens with one attached hydrogen (secondary N) is 1. The number of pyridine rings is 3. The highest BCUT2D eigenvalue weighted by Gasteiger charge is 2.40. The normalized spacial score (nSPS) is 12.0. The summed E-state index contributed by atoms with van der Waals surface area (Å²) in [7, 11) is 1.76. The predicted octanol–water partition coefficient (Wildman–Crippen LogP) is 7.81. The first-order chi connectivity index (χ1) is 32.7. The zero-order valence-corrected chi connectivity index (χ0v) is 36.9. The number of alkyl halides is 2. The summed E-state index contributed by atoms with van der Waals surface area (Å²) in [5.74, 6) is -3.27. The van der Waals surface area contributed by atoms with Gasteiger partial charge in [-0.05, 0) is 93.6 Å². The Morgan fingerprint density at radius 1 is 0.853 bits per heavy atom. The average molecular weight is 915 g/mol. The van der Waals surface area contributed by atoms with Crippen molar-refractivity contribution in [3.05, 3.63) is 173 Å². The van der Waals surface area contributed by atoms with E-state index in [-0.39, 0.29) is 35.7 Å². The molecular weight excluding hydrogens is 875 g/mol. The molecule has 1 amide bonds. The number of para-hydroxylation sites is 1. The average Bonchev–Trinajstić information content (AvgIpc) is 4.03. The Hall–Kier alpha value is -8.71. The van der Waals surface area contributed by atoms with Gasteiger partial charge in [0, 0.05) is 59.2 Å². The first kappa shape index (κ1) is 43.2. The van der Waals surface area contributed by atoms with Gasteiger partial charge in [0.2, 0.25) is 5.82 Å². The number of rotatable bonds is 13. The monoisotopic (exact) mass is 914 g/mol. The van der Waals surface area contributed by atoms with Crippen LogP contribution < -0.4 is 20.3 Å². The van der Waals surface area contributed by atoms with Gasteiger partial charge in [0.05, 0.1) is 52.6 Å². The third kappa shape index (κ3) is 8.37. The van der Waals surface area contributed by atoms with Crippen molar-refractivity contribution in [2.45, 2.75) is 45.4 Å². The molecule has 0 spiro atoms. The number of aromatic nitrogens is 11. The van der Waals surface area contributed by atoms with E-state index < -0.39 is 28.8 Å². The van der Waals surface area contributed by atoms with E-state index in [0.29, 0.717) is 67.3 Å².